The van der Waals surface area contributed by atoms with Crippen LogP contribution in [0.5, 0.6) is 0 Å². The second-order valence-corrected chi connectivity index (χ2v) is 10.3. The Labute approximate surface area is 74.9 Å². The van der Waals surface area contributed by atoms with Crippen molar-refractivity contribution in [3.8, 4) is 0 Å². The zero-order valence-electron chi connectivity index (χ0n) is 6.95. The summed E-state index contributed by atoms with van der Waals surface area (Å²) in [4.78, 5) is 0. The van der Waals surface area contributed by atoms with Gasteiger partial charge in [-0.15, -0.1) is 23.2 Å². The van der Waals surface area contributed by atoms with Crippen molar-refractivity contribution in [1.82, 2.24) is 0 Å². The van der Waals surface area contributed by atoms with Crippen LogP contribution in [0.2, 0.25) is 19.1 Å². The van der Waals surface area contributed by atoms with Crippen molar-refractivity contribution >= 4 is 31.3 Å². The first-order chi connectivity index (χ1) is 4.48. The fourth-order valence-corrected chi connectivity index (χ4v) is 2.70. The summed E-state index contributed by atoms with van der Waals surface area (Å²) < 4.78 is 0. The lowest BCUT2D eigenvalue weighted by Crippen LogP contribution is -2.28. The summed E-state index contributed by atoms with van der Waals surface area (Å²) in [5.41, 5.74) is 0.858. The monoisotopic (exact) mass is 198 g/mol. The van der Waals surface area contributed by atoms with Gasteiger partial charge < -0.3 is 0 Å². The predicted octanol–water partition coefficient (Wildman–Crippen LogP) is 3.49. The van der Waals surface area contributed by atoms with E-state index in [2.05, 4.69) is 13.1 Å². The van der Waals surface area contributed by atoms with E-state index in [1.165, 1.54) is 6.04 Å². The molecule has 0 fully saturated rings. The average molecular weight is 199 g/mol. The maximum Gasteiger partial charge on any atom is 0.0640 e. The zero-order valence-corrected chi connectivity index (χ0v) is 9.47. The summed E-state index contributed by atoms with van der Waals surface area (Å²) in [7, 11) is -1.06. The molecule has 0 aliphatic heterocycles. The molecule has 0 aromatic heterocycles. The van der Waals surface area contributed by atoms with Gasteiger partial charge in [-0.3, -0.25) is 0 Å². The van der Waals surface area contributed by atoms with Gasteiger partial charge in [0.15, 0.2) is 0 Å². The molecule has 0 N–H and O–H groups in total. The number of alkyl halides is 2. The Hall–Kier alpha value is 0.797. The Balaban J connectivity index is 3.46. The van der Waals surface area contributed by atoms with Gasteiger partial charge in [-0.1, -0.05) is 19.1 Å². The molecule has 0 aliphatic carbocycles. The van der Waals surface area contributed by atoms with Crippen LogP contribution in [0.1, 0.15) is 13.3 Å². The van der Waals surface area contributed by atoms with Gasteiger partial charge in [0.05, 0.1) is 8.07 Å². The van der Waals surface area contributed by atoms with Crippen molar-refractivity contribution in [3.05, 3.63) is 0 Å². The molecule has 0 unspecified atom stereocenters. The third-order valence-electron chi connectivity index (χ3n) is 1.58. The van der Waals surface area contributed by atoms with Gasteiger partial charge in [0.1, 0.15) is 0 Å². The molecule has 3 heteroatoms. The highest BCUT2D eigenvalue weighted by atomic mass is 35.5. The van der Waals surface area contributed by atoms with Crippen molar-refractivity contribution in [3.63, 3.8) is 0 Å². The van der Waals surface area contributed by atoms with Gasteiger partial charge >= 0.3 is 0 Å². The fraction of sp³-hybridized carbons (Fsp3) is 1.00. The first-order valence-electron chi connectivity index (χ1n) is 3.68. The van der Waals surface area contributed by atoms with Crippen molar-refractivity contribution in [2.45, 2.75) is 37.9 Å². The van der Waals surface area contributed by atoms with E-state index in [1.807, 2.05) is 6.92 Å². The van der Waals surface area contributed by atoms with Crippen LogP contribution in [0.4, 0.5) is 0 Å². The number of halogens is 2. The van der Waals surface area contributed by atoms with Crippen LogP contribution in [-0.2, 0) is 0 Å². The summed E-state index contributed by atoms with van der Waals surface area (Å²) in [6.45, 7) is 6.65. The Kier molecular flexibility index (Phi) is 5.00. The summed E-state index contributed by atoms with van der Waals surface area (Å²) in [5.74, 6) is 0. The van der Waals surface area contributed by atoms with Gasteiger partial charge in [-0.25, -0.2) is 0 Å². The molecular weight excluding hydrogens is 183 g/mol. The minimum atomic E-state index is -1.06. The Morgan fingerprint density at radius 1 is 1.40 bits per heavy atom. The van der Waals surface area contributed by atoms with Crippen LogP contribution in [0.3, 0.4) is 0 Å². The molecule has 10 heavy (non-hydrogen) atoms. The molecular formula is C7H16Cl2Si. The van der Waals surface area contributed by atoms with Gasteiger partial charge in [-0.2, -0.15) is 0 Å². The Bertz CT molecular complexity index is 91.6. The summed E-state index contributed by atoms with van der Waals surface area (Å²) in [6.07, 6.45) is 1.12. The van der Waals surface area contributed by atoms with Crippen LogP contribution in [0, 0.1) is 0 Å². The maximum atomic E-state index is 5.82. The molecule has 0 radical (unpaired) electrons. The molecule has 0 nitrogen and oxygen atoms in total. The average Bonchev–Trinajstić information content (AvgIpc) is 1.85. The van der Waals surface area contributed by atoms with Gasteiger partial charge in [0, 0.05) is 10.9 Å². The van der Waals surface area contributed by atoms with Gasteiger partial charge in [-0.05, 0) is 13.3 Å². The molecule has 0 spiro atoms. The Morgan fingerprint density at radius 3 is 2.20 bits per heavy atom. The van der Waals surface area contributed by atoms with Crippen molar-refractivity contribution in [2.24, 2.45) is 0 Å². The highest BCUT2D eigenvalue weighted by Crippen LogP contribution is 2.16. The van der Waals surface area contributed by atoms with Crippen molar-refractivity contribution in [1.29, 1.82) is 0 Å². The standard InChI is InChI=1S/C7H16Cl2Si/c1-7(9)4-5-10(2,3)6-8/h7H,4-6H2,1-3H3/t7-/m1/s1. The molecule has 0 aliphatic rings. The largest absolute Gasteiger partial charge is 0.130 e. The second-order valence-electron chi connectivity index (χ2n) is 3.62. The Morgan fingerprint density at radius 2 is 1.90 bits per heavy atom. The minimum Gasteiger partial charge on any atom is -0.130 e. The molecule has 62 valence electrons. The lowest BCUT2D eigenvalue weighted by molar-refractivity contribution is 0.877. The summed E-state index contributed by atoms with van der Waals surface area (Å²) >= 11 is 11.6. The molecule has 0 saturated carbocycles. The molecule has 0 aromatic rings. The number of hydrogen-bond donors (Lipinski definition) is 0. The summed E-state index contributed by atoms with van der Waals surface area (Å²) in [5, 5.41) is 0.315. The van der Waals surface area contributed by atoms with Crippen LogP contribution >= 0.6 is 23.2 Å². The van der Waals surface area contributed by atoms with Crippen molar-refractivity contribution in [2.75, 3.05) is 5.50 Å². The smallest absolute Gasteiger partial charge is 0.0640 e. The van der Waals surface area contributed by atoms with E-state index >= 15 is 0 Å². The van der Waals surface area contributed by atoms with E-state index in [0.29, 0.717) is 5.38 Å². The minimum absolute atomic E-state index is 0.315. The highest BCUT2D eigenvalue weighted by Gasteiger charge is 2.19. The number of rotatable bonds is 4. The lowest BCUT2D eigenvalue weighted by atomic mass is 10.4. The van der Waals surface area contributed by atoms with Crippen LogP contribution in [0.25, 0.3) is 0 Å². The van der Waals surface area contributed by atoms with Crippen LogP contribution < -0.4 is 0 Å². The SMILES string of the molecule is C[C@@H](Cl)CC[Si](C)(C)CCl. The second kappa shape index (κ2) is 4.63. The quantitative estimate of drug-likeness (QED) is 0.480. The van der Waals surface area contributed by atoms with Gasteiger partial charge in [0.2, 0.25) is 0 Å². The molecule has 1 atom stereocenters. The van der Waals surface area contributed by atoms with Crippen molar-refractivity contribution < 1.29 is 0 Å². The van der Waals surface area contributed by atoms with E-state index in [9.17, 15) is 0 Å². The predicted molar refractivity (Wildman–Crippen MR) is 52.9 cm³/mol. The highest BCUT2D eigenvalue weighted by molar-refractivity contribution is 6.83. The van der Waals surface area contributed by atoms with Gasteiger partial charge in [0.25, 0.3) is 0 Å². The first-order valence-corrected chi connectivity index (χ1v) is 8.06. The van der Waals surface area contributed by atoms with E-state index < -0.39 is 8.07 Å². The van der Waals surface area contributed by atoms with E-state index in [1.54, 1.807) is 0 Å². The van der Waals surface area contributed by atoms with E-state index in [0.717, 1.165) is 11.9 Å². The van der Waals surface area contributed by atoms with Crippen LogP contribution in [-0.4, -0.2) is 19.0 Å². The molecule has 0 amide bonds. The van der Waals surface area contributed by atoms with Crippen LogP contribution in [0.15, 0.2) is 0 Å². The molecule has 0 bridgehead atoms. The molecule has 0 aromatic carbocycles. The molecule has 0 rings (SSSR count). The zero-order chi connectivity index (χ0) is 8.20. The molecule has 0 saturated heterocycles. The first kappa shape index (κ1) is 10.8. The topological polar surface area (TPSA) is 0 Å². The normalized spacial score (nSPS) is 15.3. The van der Waals surface area contributed by atoms with E-state index in [4.69, 9.17) is 23.2 Å². The maximum absolute atomic E-state index is 5.82. The third-order valence-corrected chi connectivity index (χ3v) is 6.34. The van der Waals surface area contributed by atoms with E-state index in [-0.39, 0.29) is 0 Å². The fourth-order valence-electron chi connectivity index (χ4n) is 0.656. The summed E-state index contributed by atoms with van der Waals surface area (Å²) in [6, 6.07) is 1.25. The third kappa shape index (κ3) is 5.57. The lowest BCUT2D eigenvalue weighted by Gasteiger charge is -2.18. The molecule has 0 heterocycles. The number of hydrogen-bond acceptors (Lipinski definition) is 0.